The first-order valence-electron chi connectivity index (χ1n) is 6.04. The van der Waals surface area contributed by atoms with Crippen molar-refractivity contribution >= 4 is 28.8 Å². The largest absolute Gasteiger partial charge is 0.347 e. The minimum absolute atomic E-state index is 0.0341. The molecule has 2 unspecified atom stereocenters. The summed E-state index contributed by atoms with van der Waals surface area (Å²) in [6.45, 7) is 1.90. The second-order valence-corrected chi connectivity index (χ2v) is 6.27. The van der Waals surface area contributed by atoms with Crippen LogP contribution >= 0.6 is 22.9 Å². The molecule has 0 aromatic carbocycles. The van der Waals surface area contributed by atoms with Gasteiger partial charge in [0.05, 0.1) is 16.6 Å². The minimum Gasteiger partial charge on any atom is -0.347 e. The van der Waals surface area contributed by atoms with E-state index in [2.05, 4.69) is 10.3 Å². The van der Waals surface area contributed by atoms with E-state index in [4.69, 9.17) is 11.6 Å². The second-order valence-electron chi connectivity index (χ2n) is 4.48. The van der Waals surface area contributed by atoms with Gasteiger partial charge in [0.2, 0.25) is 0 Å². The minimum atomic E-state index is -0.0341. The van der Waals surface area contributed by atoms with Gasteiger partial charge in [0.15, 0.2) is 0 Å². The lowest BCUT2D eigenvalue weighted by molar-refractivity contribution is 0.0938. The highest BCUT2D eigenvalue weighted by atomic mass is 35.5. The monoisotopic (exact) mass is 272 g/mol. The molecular formula is C12H17ClN2OS. The van der Waals surface area contributed by atoms with Crippen molar-refractivity contribution in [2.24, 2.45) is 0 Å². The number of alkyl halides is 1. The number of amides is 1. The Morgan fingerprint density at radius 1 is 1.47 bits per heavy atom. The molecule has 5 heteroatoms. The van der Waals surface area contributed by atoms with Crippen LogP contribution in [0.3, 0.4) is 0 Å². The normalized spacial score (nSPS) is 25.3. The molecule has 1 fully saturated rings. The van der Waals surface area contributed by atoms with Crippen molar-refractivity contribution in [3.63, 3.8) is 0 Å². The lowest BCUT2D eigenvalue weighted by atomic mass is 10.1. The second kappa shape index (κ2) is 5.83. The average Bonchev–Trinajstić information content (AvgIpc) is 2.63. The van der Waals surface area contributed by atoms with Crippen LogP contribution < -0.4 is 5.32 Å². The molecule has 2 atom stereocenters. The summed E-state index contributed by atoms with van der Waals surface area (Å²) in [6, 6.07) is 0.106. The van der Waals surface area contributed by atoms with Crippen LogP contribution in [-0.2, 0) is 0 Å². The Morgan fingerprint density at radius 2 is 2.24 bits per heavy atom. The van der Waals surface area contributed by atoms with E-state index in [1.54, 1.807) is 6.20 Å². The summed E-state index contributed by atoms with van der Waals surface area (Å²) in [6.07, 6.45) is 7.15. The third kappa shape index (κ3) is 3.42. The molecule has 0 spiro atoms. The molecule has 0 saturated heterocycles. The van der Waals surface area contributed by atoms with E-state index < -0.39 is 0 Å². The van der Waals surface area contributed by atoms with Gasteiger partial charge in [-0.15, -0.1) is 22.9 Å². The van der Waals surface area contributed by atoms with Crippen LogP contribution in [0.2, 0.25) is 0 Å². The van der Waals surface area contributed by atoms with E-state index in [-0.39, 0.29) is 17.3 Å². The zero-order valence-electron chi connectivity index (χ0n) is 9.91. The van der Waals surface area contributed by atoms with Crippen LogP contribution in [-0.4, -0.2) is 22.3 Å². The Balaban J connectivity index is 1.97. The molecule has 3 nitrogen and oxygen atoms in total. The SMILES string of the molecule is Cc1ncc(C(=O)NC2CCCCCC2Cl)s1. The van der Waals surface area contributed by atoms with Crippen LogP contribution in [0.5, 0.6) is 0 Å². The molecule has 94 valence electrons. The van der Waals surface area contributed by atoms with Crippen LogP contribution in [0, 0.1) is 6.92 Å². The van der Waals surface area contributed by atoms with Crippen molar-refractivity contribution in [3.8, 4) is 0 Å². The molecule has 1 heterocycles. The van der Waals surface area contributed by atoms with E-state index in [9.17, 15) is 4.79 Å². The van der Waals surface area contributed by atoms with Gasteiger partial charge >= 0.3 is 0 Å². The van der Waals surface area contributed by atoms with Crippen LogP contribution in [0.15, 0.2) is 6.20 Å². The first-order valence-corrected chi connectivity index (χ1v) is 7.29. The molecule has 1 amide bonds. The summed E-state index contributed by atoms with van der Waals surface area (Å²) in [7, 11) is 0. The molecule has 0 aliphatic heterocycles. The Kier molecular flexibility index (Phi) is 4.40. The molecule has 0 bridgehead atoms. The van der Waals surface area contributed by atoms with Gasteiger partial charge < -0.3 is 5.32 Å². The zero-order valence-corrected chi connectivity index (χ0v) is 11.5. The van der Waals surface area contributed by atoms with Crippen LogP contribution in [0.1, 0.15) is 46.8 Å². The molecule has 1 aromatic rings. The molecule has 1 aliphatic carbocycles. The predicted molar refractivity (Wildman–Crippen MR) is 70.8 cm³/mol. The van der Waals surface area contributed by atoms with E-state index in [1.165, 1.54) is 24.2 Å². The van der Waals surface area contributed by atoms with Crippen molar-refractivity contribution < 1.29 is 4.79 Å². The number of aryl methyl sites for hydroxylation is 1. The number of halogens is 1. The molecule has 17 heavy (non-hydrogen) atoms. The van der Waals surface area contributed by atoms with Gasteiger partial charge in [0.1, 0.15) is 4.88 Å². The number of carbonyl (C=O) groups excluding carboxylic acids is 1. The van der Waals surface area contributed by atoms with E-state index in [1.807, 2.05) is 6.92 Å². The lowest BCUT2D eigenvalue weighted by Crippen LogP contribution is -2.40. The van der Waals surface area contributed by atoms with Crippen LogP contribution in [0.4, 0.5) is 0 Å². The van der Waals surface area contributed by atoms with Gasteiger partial charge in [0.25, 0.3) is 5.91 Å². The predicted octanol–water partition coefficient (Wildman–Crippen LogP) is 3.12. The molecule has 1 aromatic heterocycles. The Labute approximate surface area is 111 Å². The maximum Gasteiger partial charge on any atom is 0.263 e. The summed E-state index contributed by atoms with van der Waals surface area (Å²) in [5.41, 5.74) is 0. The van der Waals surface area contributed by atoms with Gasteiger partial charge in [-0.2, -0.15) is 0 Å². The summed E-state index contributed by atoms with van der Waals surface area (Å²) < 4.78 is 0. The topological polar surface area (TPSA) is 42.0 Å². The number of carbonyl (C=O) groups is 1. The number of hydrogen-bond acceptors (Lipinski definition) is 3. The highest BCUT2D eigenvalue weighted by molar-refractivity contribution is 7.13. The van der Waals surface area contributed by atoms with E-state index in [0.29, 0.717) is 4.88 Å². The van der Waals surface area contributed by atoms with Crippen molar-refractivity contribution in [2.45, 2.75) is 50.4 Å². The number of thiazole rings is 1. The Morgan fingerprint density at radius 3 is 2.94 bits per heavy atom. The first kappa shape index (κ1) is 12.8. The summed E-state index contributed by atoms with van der Waals surface area (Å²) in [4.78, 5) is 16.8. The van der Waals surface area contributed by atoms with Crippen molar-refractivity contribution in [1.82, 2.24) is 10.3 Å². The number of hydrogen-bond donors (Lipinski definition) is 1. The number of nitrogens with one attached hydrogen (secondary N) is 1. The molecule has 1 saturated carbocycles. The number of nitrogens with zero attached hydrogens (tertiary/aromatic N) is 1. The maximum atomic E-state index is 12.0. The lowest BCUT2D eigenvalue weighted by Gasteiger charge is -2.20. The number of aromatic nitrogens is 1. The van der Waals surface area contributed by atoms with Crippen molar-refractivity contribution in [3.05, 3.63) is 16.1 Å². The standard InChI is InChI=1S/C12H17ClN2OS/c1-8-14-7-11(17-8)12(16)15-10-6-4-2-3-5-9(10)13/h7,9-10H,2-6H2,1H3,(H,15,16). The third-order valence-corrected chi connectivity index (χ3v) is 4.53. The fourth-order valence-corrected chi connectivity index (χ4v) is 3.15. The quantitative estimate of drug-likeness (QED) is 0.664. The molecule has 1 N–H and O–H groups in total. The van der Waals surface area contributed by atoms with Gasteiger partial charge in [0, 0.05) is 6.04 Å². The van der Waals surface area contributed by atoms with Gasteiger partial charge in [-0.1, -0.05) is 19.3 Å². The van der Waals surface area contributed by atoms with Crippen molar-refractivity contribution in [1.29, 1.82) is 0 Å². The molecular weight excluding hydrogens is 256 g/mol. The Bertz CT molecular complexity index is 394. The van der Waals surface area contributed by atoms with Gasteiger partial charge in [-0.3, -0.25) is 4.79 Å². The maximum absolute atomic E-state index is 12.0. The Hall–Kier alpha value is -0.610. The summed E-state index contributed by atoms with van der Waals surface area (Å²) >= 11 is 7.72. The van der Waals surface area contributed by atoms with Gasteiger partial charge in [-0.05, 0) is 19.8 Å². The molecule has 1 aliphatic rings. The third-order valence-electron chi connectivity index (χ3n) is 3.09. The summed E-state index contributed by atoms with van der Waals surface area (Å²) in [5, 5.41) is 4.02. The molecule has 0 radical (unpaired) electrons. The zero-order chi connectivity index (χ0) is 12.3. The van der Waals surface area contributed by atoms with E-state index >= 15 is 0 Å². The van der Waals surface area contributed by atoms with Gasteiger partial charge in [-0.25, -0.2) is 4.98 Å². The fraction of sp³-hybridized carbons (Fsp3) is 0.667. The highest BCUT2D eigenvalue weighted by Gasteiger charge is 2.24. The van der Waals surface area contributed by atoms with Crippen molar-refractivity contribution in [2.75, 3.05) is 0 Å². The molecule has 2 rings (SSSR count). The average molecular weight is 273 g/mol. The van der Waals surface area contributed by atoms with E-state index in [0.717, 1.165) is 24.3 Å². The number of rotatable bonds is 2. The first-order chi connectivity index (χ1) is 8.16. The van der Waals surface area contributed by atoms with Crippen LogP contribution in [0.25, 0.3) is 0 Å². The highest BCUT2D eigenvalue weighted by Crippen LogP contribution is 2.23. The smallest absolute Gasteiger partial charge is 0.263 e. The fourth-order valence-electron chi connectivity index (χ4n) is 2.13. The summed E-state index contributed by atoms with van der Waals surface area (Å²) in [5.74, 6) is -0.0341.